The van der Waals surface area contributed by atoms with Crippen LogP contribution in [0.15, 0.2) is 0 Å². The van der Waals surface area contributed by atoms with E-state index in [1.54, 1.807) is 0 Å². The molecule has 0 fully saturated rings. The highest BCUT2D eigenvalue weighted by molar-refractivity contribution is 4.50. The van der Waals surface area contributed by atoms with Crippen LogP contribution in [0.25, 0.3) is 0 Å². The second-order valence-corrected chi connectivity index (χ2v) is 11.4. The van der Waals surface area contributed by atoms with Crippen LogP contribution in [-0.4, -0.2) is 119 Å². The first-order valence-electron chi connectivity index (χ1n) is 18.6. The molecule has 0 aliphatic heterocycles. The van der Waals surface area contributed by atoms with Crippen molar-refractivity contribution >= 4 is 0 Å². The maximum Gasteiger partial charge on any atom is 0.0701 e. The highest BCUT2D eigenvalue weighted by atomic mass is 16.6. The summed E-state index contributed by atoms with van der Waals surface area (Å²) in [6.45, 7) is 15.0. The highest BCUT2D eigenvalue weighted by Crippen LogP contribution is 2.13. The molecule has 0 saturated carbocycles. The molecule has 0 aliphatic carbocycles. The van der Waals surface area contributed by atoms with Crippen LogP contribution in [0, 0.1) is 0 Å². The Morgan fingerprint density at radius 3 is 0.644 bits per heavy atom. The Balaban J connectivity index is 3.03. The molecule has 272 valence electrons. The minimum absolute atomic E-state index is 0.543. The number of unbranched alkanes of at least 4 members (excludes halogenated alkanes) is 15. The zero-order chi connectivity index (χ0) is 32.4. The van der Waals surface area contributed by atoms with Crippen LogP contribution in [-0.2, 0) is 42.6 Å². The minimum atomic E-state index is 0.543. The van der Waals surface area contributed by atoms with Gasteiger partial charge >= 0.3 is 0 Å². The SMILES string of the molecule is CCCCCCCCCCCCCCCCCCOCCOCCOCCOCCOCCOCCOCCOCCOCC. The van der Waals surface area contributed by atoms with Crippen LogP contribution in [0.4, 0.5) is 0 Å². The van der Waals surface area contributed by atoms with Gasteiger partial charge < -0.3 is 42.6 Å². The quantitative estimate of drug-likeness (QED) is 0.0627. The van der Waals surface area contributed by atoms with Crippen molar-refractivity contribution in [3.63, 3.8) is 0 Å². The molecular formula is C36H74O9. The topological polar surface area (TPSA) is 83.1 Å². The van der Waals surface area contributed by atoms with Gasteiger partial charge in [-0.2, -0.15) is 0 Å². The van der Waals surface area contributed by atoms with Crippen molar-refractivity contribution in [1.29, 1.82) is 0 Å². The molecule has 0 spiro atoms. The van der Waals surface area contributed by atoms with Crippen molar-refractivity contribution in [2.45, 2.75) is 117 Å². The van der Waals surface area contributed by atoms with Gasteiger partial charge in [-0.25, -0.2) is 0 Å². The van der Waals surface area contributed by atoms with Crippen molar-refractivity contribution in [2.75, 3.05) is 119 Å². The molecule has 0 rings (SSSR count). The molecule has 9 heteroatoms. The van der Waals surface area contributed by atoms with Crippen molar-refractivity contribution in [2.24, 2.45) is 0 Å². The van der Waals surface area contributed by atoms with Crippen LogP contribution < -0.4 is 0 Å². The summed E-state index contributed by atoms with van der Waals surface area (Å²) in [5.74, 6) is 0. The van der Waals surface area contributed by atoms with E-state index in [-0.39, 0.29) is 0 Å². The first kappa shape index (κ1) is 44.6. The zero-order valence-electron chi connectivity index (χ0n) is 29.7. The third-order valence-corrected chi connectivity index (χ3v) is 7.32. The fourth-order valence-corrected chi connectivity index (χ4v) is 4.66. The summed E-state index contributed by atoms with van der Waals surface area (Å²) in [4.78, 5) is 0. The summed E-state index contributed by atoms with van der Waals surface area (Å²) < 4.78 is 49.2. The lowest BCUT2D eigenvalue weighted by molar-refractivity contribution is -0.0248. The van der Waals surface area contributed by atoms with Gasteiger partial charge in [-0.3, -0.25) is 0 Å². The van der Waals surface area contributed by atoms with Crippen LogP contribution in [0.3, 0.4) is 0 Å². The first-order chi connectivity index (χ1) is 22.4. The van der Waals surface area contributed by atoms with Gasteiger partial charge in [0.25, 0.3) is 0 Å². The van der Waals surface area contributed by atoms with Gasteiger partial charge in [-0.15, -0.1) is 0 Å². The summed E-state index contributed by atoms with van der Waals surface area (Å²) in [6.07, 6.45) is 22.3. The second-order valence-electron chi connectivity index (χ2n) is 11.4. The Morgan fingerprint density at radius 1 is 0.200 bits per heavy atom. The second kappa shape index (κ2) is 43.6. The fraction of sp³-hybridized carbons (Fsp3) is 1.00. The smallest absolute Gasteiger partial charge is 0.0701 e. The van der Waals surface area contributed by atoms with Gasteiger partial charge in [-0.1, -0.05) is 103 Å². The van der Waals surface area contributed by atoms with Gasteiger partial charge in [0.2, 0.25) is 0 Å². The molecule has 0 saturated heterocycles. The predicted molar refractivity (Wildman–Crippen MR) is 183 cm³/mol. The van der Waals surface area contributed by atoms with Crippen molar-refractivity contribution < 1.29 is 42.6 Å². The standard InChI is InChI=1S/C36H74O9/c1-3-5-6-7-8-9-10-11-12-13-14-15-16-17-18-19-20-38-23-24-40-27-28-42-31-32-44-35-36-45-34-33-43-30-29-41-26-25-39-22-21-37-4-2/h3-36H2,1-2H3. The van der Waals surface area contributed by atoms with E-state index < -0.39 is 0 Å². The first-order valence-corrected chi connectivity index (χ1v) is 18.6. The van der Waals surface area contributed by atoms with E-state index in [0.29, 0.717) is 106 Å². The van der Waals surface area contributed by atoms with E-state index in [1.807, 2.05) is 6.92 Å². The lowest BCUT2D eigenvalue weighted by Gasteiger charge is -2.09. The maximum atomic E-state index is 5.68. The Morgan fingerprint density at radius 2 is 0.400 bits per heavy atom. The fourth-order valence-electron chi connectivity index (χ4n) is 4.66. The molecule has 0 aromatic heterocycles. The Bertz CT molecular complexity index is 457. The van der Waals surface area contributed by atoms with Crippen LogP contribution in [0.5, 0.6) is 0 Å². The number of hydrogen-bond donors (Lipinski definition) is 0. The van der Waals surface area contributed by atoms with E-state index in [4.69, 9.17) is 42.6 Å². The number of hydrogen-bond acceptors (Lipinski definition) is 9. The lowest BCUT2D eigenvalue weighted by atomic mass is 10.0. The third-order valence-electron chi connectivity index (χ3n) is 7.32. The average Bonchev–Trinajstić information content (AvgIpc) is 3.05. The Kier molecular flexibility index (Phi) is 43.3. The molecule has 0 bridgehead atoms. The van der Waals surface area contributed by atoms with Crippen molar-refractivity contribution in [3.8, 4) is 0 Å². The molecule has 0 atom stereocenters. The molecule has 0 radical (unpaired) electrons. The monoisotopic (exact) mass is 651 g/mol. The summed E-state index contributed by atoms with van der Waals surface area (Å²) in [7, 11) is 0. The molecule has 0 unspecified atom stereocenters. The maximum absolute atomic E-state index is 5.68. The zero-order valence-corrected chi connectivity index (χ0v) is 29.7. The van der Waals surface area contributed by atoms with E-state index in [1.165, 1.54) is 96.3 Å². The molecule has 0 aromatic rings. The number of ether oxygens (including phenoxy) is 9. The largest absolute Gasteiger partial charge is 0.379 e. The van der Waals surface area contributed by atoms with Gasteiger partial charge in [0.05, 0.1) is 106 Å². The van der Waals surface area contributed by atoms with Gasteiger partial charge in [-0.05, 0) is 13.3 Å². The number of rotatable bonds is 42. The molecule has 45 heavy (non-hydrogen) atoms. The van der Waals surface area contributed by atoms with Crippen LogP contribution in [0.1, 0.15) is 117 Å². The summed E-state index contributed by atoms with van der Waals surface area (Å²) in [5, 5.41) is 0. The van der Waals surface area contributed by atoms with Gasteiger partial charge in [0.1, 0.15) is 0 Å². The van der Waals surface area contributed by atoms with E-state index in [9.17, 15) is 0 Å². The molecule has 0 N–H and O–H groups in total. The molecule has 0 aromatic carbocycles. The summed E-state index contributed by atoms with van der Waals surface area (Å²) in [6, 6.07) is 0. The van der Waals surface area contributed by atoms with E-state index in [2.05, 4.69) is 6.92 Å². The minimum Gasteiger partial charge on any atom is -0.379 e. The van der Waals surface area contributed by atoms with Crippen LogP contribution >= 0.6 is 0 Å². The van der Waals surface area contributed by atoms with Crippen LogP contribution in [0.2, 0.25) is 0 Å². The highest BCUT2D eigenvalue weighted by Gasteiger charge is 1.97. The summed E-state index contributed by atoms with van der Waals surface area (Å²) >= 11 is 0. The Hall–Kier alpha value is -0.360. The molecular weight excluding hydrogens is 576 g/mol. The van der Waals surface area contributed by atoms with Crippen molar-refractivity contribution in [3.05, 3.63) is 0 Å². The lowest BCUT2D eigenvalue weighted by Crippen LogP contribution is -2.15. The van der Waals surface area contributed by atoms with Gasteiger partial charge in [0, 0.05) is 13.2 Å². The molecule has 9 nitrogen and oxygen atoms in total. The summed E-state index contributed by atoms with van der Waals surface area (Å²) in [5.41, 5.74) is 0. The molecule has 0 heterocycles. The van der Waals surface area contributed by atoms with Crippen molar-refractivity contribution in [1.82, 2.24) is 0 Å². The predicted octanol–water partition coefficient (Wildman–Crippen LogP) is 7.42. The normalized spacial score (nSPS) is 11.6. The van der Waals surface area contributed by atoms with E-state index >= 15 is 0 Å². The average molecular weight is 651 g/mol. The molecule has 0 aliphatic rings. The third kappa shape index (κ3) is 43.6. The van der Waals surface area contributed by atoms with E-state index in [0.717, 1.165) is 19.6 Å². The Labute approximate surface area is 278 Å². The van der Waals surface area contributed by atoms with Gasteiger partial charge in [0.15, 0.2) is 0 Å². The molecule has 0 amide bonds.